The zero-order valence-electron chi connectivity index (χ0n) is 14.8. The number of imidazole rings is 1. The molecule has 1 unspecified atom stereocenters. The molecule has 1 aliphatic heterocycles. The van der Waals surface area contributed by atoms with E-state index in [1.165, 1.54) is 11.3 Å². The van der Waals surface area contributed by atoms with Crippen LogP contribution in [0.4, 0.5) is 0 Å². The van der Waals surface area contributed by atoms with Gasteiger partial charge in [0.2, 0.25) is 5.91 Å². The van der Waals surface area contributed by atoms with E-state index in [1.807, 2.05) is 47.2 Å². The van der Waals surface area contributed by atoms with Gasteiger partial charge in [-0.3, -0.25) is 14.0 Å². The number of rotatable bonds is 4. The van der Waals surface area contributed by atoms with Gasteiger partial charge in [0.15, 0.2) is 4.96 Å². The van der Waals surface area contributed by atoms with Gasteiger partial charge >= 0.3 is 0 Å². The Morgan fingerprint density at radius 1 is 1.37 bits per heavy atom. The smallest absolute Gasteiger partial charge is 0.271 e. The first-order valence-corrected chi connectivity index (χ1v) is 10.1. The fraction of sp³-hybridized carbons (Fsp3) is 0.316. The van der Waals surface area contributed by atoms with Crippen molar-refractivity contribution in [3.8, 4) is 11.3 Å². The molecule has 0 radical (unpaired) electrons. The number of likely N-dealkylation sites (tertiary alicyclic amines) is 1. The number of hydrogen-bond acceptors (Lipinski definition) is 4. The highest BCUT2D eigenvalue weighted by Crippen LogP contribution is 2.29. The molecule has 140 valence electrons. The molecule has 6 nitrogen and oxygen atoms in total. The minimum Gasteiger partial charge on any atom is -0.356 e. The Morgan fingerprint density at radius 2 is 2.19 bits per heavy atom. The van der Waals surface area contributed by atoms with Crippen LogP contribution < -0.4 is 5.32 Å². The summed E-state index contributed by atoms with van der Waals surface area (Å²) in [7, 11) is 0. The van der Waals surface area contributed by atoms with Gasteiger partial charge in [-0.1, -0.05) is 29.8 Å². The Labute approximate surface area is 165 Å². The highest BCUT2D eigenvalue weighted by molar-refractivity contribution is 7.15. The number of carbonyl (C=O) groups is 2. The number of benzene rings is 1. The maximum Gasteiger partial charge on any atom is 0.271 e. The van der Waals surface area contributed by atoms with E-state index >= 15 is 0 Å². The fourth-order valence-electron chi connectivity index (χ4n) is 3.38. The topological polar surface area (TPSA) is 66.7 Å². The summed E-state index contributed by atoms with van der Waals surface area (Å²) in [6.07, 6.45) is 2.54. The van der Waals surface area contributed by atoms with Crippen LogP contribution in [0.5, 0.6) is 0 Å². The van der Waals surface area contributed by atoms with Gasteiger partial charge in [-0.2, -0.15) is 0 Å². The van der Waals surface area contributed by atoms with Crippen molar-refractivity contribution in [2.45, 2.75) is 13.3 Å². The average molecular weight is 403 g/mol. The van der Waals surface area contributed by atoms with E-state index in [1.54, 1.807) is 4.90 Å². The zero-order chi connectivity index (χ0) is 19.0. The quantitative estimate of drug-likeness (QED) is 0.728. The fourth-order valence-corrected chi connectivity index (χ4v) is 4.46. The van der Waals surface area contributed by atoms with Gasteiger partial charge in [0, 0.05) is 36.8 Å². The molecule has 0 spiro atoms. The van der Waals surface area contributed by atoms with Crippen molar-refractivity contribution in [2.75, 3.05) is 19.6 Å². The summed E-state index contributed by atoms with van der Waals surface area (Å²) in [5, 5.41) is 5.28. The maximum absolute atomic E-state index is 13.0. The summed E-state index contributed by atoms with van der Waals surface area (Å²) in [5.41, 5.74) is 2.14. The second-order valence-electron chi connectivity index (χ2n) is 6.51. The first kappa shape index (κ1) is 18.0. The number of thiazole rings is 1. The van der Waals surface area contributed by atoms with Crippen LogP contribution in [0.3, 0.4) is 0 Å². The van der Waals surface area contributed by atoms with Crippen molar-refractivity contribution in [1.82, 2.24) is 19.6 Å². The molecule has 0 saturated carbocycles. The second kappa shape index (κ2) is 7.32. The lowest BCUT2D eigenvalue weighted by Gasteiger charge is -2.15. The van der Waals surface area contributed by atoms with Gasteiger partial charge in [0.05, 0.1) is 16.6 Å². The lowest BCUT2D eigenvalue weighted by molar-refractivity contribution is -0.124. The molecule has 27 heavy (non-hydrogen) atoms. The Balaban J connectivity index is 1.58. The van der Waals surface area contributed by atoms with Crippen LogP contribution in [0.1, 0.15) is 23.8 Å². The van der Waals surface area contributed by atoms with Gasteiger partial charge in [-0.15, -0.1) is 11.3 Å². The van der Waals surface area contributed by atoms with E-state index in [4.69, 9.17) is 11.6 Å². The first-order chi connectivity index (χ1) is 13.1. The molecule has 2 amide bonds. The van der Waals surface area contributed by atoms with Gasteiger partial charge < -0.3 is 10.2 Å². The molecular weight excluding hydrogens is 384 g/mol. The van der Waals surface area contributed by atoms with Crippen molar-refractivity contribution < 1.29 is 9.59 Å². The minimum atomic E-state index is -0.135. The van der Waals surface area contributed by atoms with E-state index in [0.29, 0.717) is 36.8 Å². The highest BCUT2D eigenvalue weighted by atomic mass is 35.5. The zero-order valence-corrected chi connectivity index (χ0v) is 16.4. The van der Waals surface area contributed by atoms with Gasteiger partial charge in [-0.05, 0) is 19.4 Å². The minimum absolute atomic E-state index is 0.0203. The first-order valence-electron chi connectivity index (χ1n) is 8.87. The predicted octanol–water partition coefficient (Wildman–Crippen LogP) is 3.31. The van der Waals surface area contributed by atoms with Crippen LogP contribution in [-0.4, -0.2) is 45.7 Å². The number of halogens is 1. The van der Waals surface area contributed by atoms with E-state index in [0.717, 1.165) is 16.2 Å². The maximum atomic E-state index is 13.0. The molecular formula is C19H19ClN4O2S. The normalized spacial score (nSPS) is 16.8. The molecule has 1 N–H and O–H groups in total. The molecule has 8 heteroatoms. The third-order valence-electron chi connectivity index (χ3n) is 4.78. The second-order valence-corrected chi connectivity index (χ2v) is 7.75. The van der Waals surface area contributed by atoms with Crippen LogP contribution >= 0.6 is 22.9 Å². The van der Waals surface area contributed by atoms with Crippen molar-refractivity contribution >= 4 is 39.7 Å². The van der Waals surface area contributed by atoms with E-state index in [2.05, 4.69) is 10.3 Å². The molecule has 0 bridgehead atoms. The third kappa shape index (κ3) is 3.33. The highest BCUT2D eigenvalue weighted by Gasteiger charge is 2.32. The largest absolute Gasteiger partial charge is 0.356 e. The lowest BCUT2D eigenvalue weighted by atomic mass is 10.1. The predicted molar refractivity (Wildman–Crippen MR) is 106 cm³/mol. The van der Waals surface area contributed by atoms with Crippen molar-refractivity contribution in [2.24, 2.45) is 5.92 Å². The molecule has 1 atom stereocenters. The van der Waals surface area contributed by atoms with E-state index in [9.17, 15) is 9.59 Å². The number of carbonyl (C=O) groups excluding carboxylic acids is 2. The third-order valence-corrected chi connectivity index (χ3v) is 5.94. The van der Waals surface area contributed by atoms with Crippen LogP contribution in [0, 0.1) is 5.92 Å². The number of nitrogens with zero attached hydrogens (tertiary/aromatic N) is 3. The van der Waals surface area contributed by atoms with E-state index < -0.39 is 0 Å². The SMILES string of the molecule is CCNC(=O)C1CCN(C(=O)c2csc3nc(-c4ccccc4Cl)cn23)C1. The molecule has 2 aromatic heterocycles. The standard InChI is InChI=1S/C19H19ClN4O2S/c1-2-21-17(25)12-7-8-23(9-12)18(26)16-11-27-19-22-15(10-24(16)19)13-5-3-4-6-14(13)20/h3-6,10-12H,2,7-9H2,1H3,(H,21,25). The summed E-state index contributed by atoms with van der Waals surface area (Å²) < 4.78 is 1.81. The number of aromatic nitrogens is 2. The Kier molecular flexibility index (Phi) is 4.88. The Hall–Kier alpha value is -2.38. The lowest BCUT2D eigenvalue weighted by Crippen LogP contribution is -2.34. The molecule has 1 saturated heterocycles. The van der Waals surface area contributed by atoms with E-state index in [-0.39, 0.29) is 17.7 Å². The van der Waals surface area contributed by atoms with Crippen LogP contribution in [-0.2, 0) is 4.79 Å². The Bertz CT molecular complexity index is 1010. The number of hydrogen-bond donors (Lipinski definition) is 1. The summed E-state index contributed by atoms with van der Waals surface area (Å²) in [4.78, 5) is 32.1. The number of nitrogens with one attached hydrogen (secondary N) is 1. The van der Waals surface area contributed by atoms with Crippen molar-refractivity contribution in [3.05, 3.63) is 46.6 Å². The molecule has 1 fully saturated rings. The number of fused-ring (bicyclic) bond motifs is 1. The Morgan fingerprint density at radius 3 is 2.96 bits per heavy atom. The molecule has 1 aromatic carbocycles. The molecule has 4 rings (SSSR count). The van der Waals surface area contributed by atoms with Crippen LogP contribution in [0.25, 0.3) is 16.2 Å². The average Bonchev–Trinajstić information content (AvgIpc) is 3.37. The van der Waals surface area contributed by atoms with Gasteiger partial charge in [0.25, 0.3) is 5.91 Å². The molecule has 0 aliphatic carbocycles. The monoisotopic (exact) mass is 402 g/mol. The van der Waals surface area contributed by atoms with Crippen LogP contribution in [0.15, 0.2) is 35.8 Å². The van der Waals surface area contributed by atoms with Crippen molar-refractivity contribution in [1.29, 1.82) is 0 Å². The summed E-state index contributed by atoms with van der Waals surface area (Å²) in [5.74, 6) is -0.187. The number of amides is 2. The molecule has 1 aliphatic rings. The summed E-state index contributed by atoms with van der Waals surface area (Å²) in [6.45, 7) is 3.54. The summed E-state index contributed by atoms with van der Waals surface area (Å²) >= 11 is 7.69. The van der Waals surface area contributed by atoms with Crippen LogP contribution in [0.2, 0.25) is 5.02 Å². The van der Waals surface area contributed by atoms with Crippen molar-refractivity contribution in [3.63, 3.8) is 0 Å². The van der Waals surface area contributed by atoms with Gasteiger partial charge in [0.1, 0.15) is 5.69 Å². The van der Waals surface area contributed by atoms with Gasteiger partial charge in [-0.25, -0.2) is 4.98 Å². The molecule has 3 heterocycles. The summed E-state index contributed by atoms with van der Waals surface area (Å²) in [6, 6.07) is 7.51. The molecule has 3 aromatic rings.